The van der Waals surface area contributed by atoms with Crippen molar-refractivity contribution in [1.29, 1.82) is 0 Å². The highest BCUT2D eigenvalue weighted by molar-refractivity contribution is 5.94. The summed E-state index contributed by atoms with van der Waals surface area (Å²) in [6.07, 6.45) is 3.33. The Morgan fingerprint density at radius 2 is 2.22 bits per heavy atom. The number of aromatic nitrogens is 1. The first-order chi connectivity index (χ1) is 8.58. The number of rotatable bonds is 3. The Balaban J connectivity index is 2.22. The van der Waals surface area contributed by atoms with Crippen molar-refractivity contribution in [3.63, 3.8) is 0 Å². The third-order valence-electron chi connectivity index (χ3n) is 3.14. The van der Waals surface area contributed by atoms with Crippen molar-refractivity contribution in [3.05, 3.63) is 33.2 Å². The molecule has 1 unspecified atom stereocenters. The lowest BCUT2D eigenvalue weighted by molar-refractivity contribution is 0.0922. The number of aliphatic hydroxyl groups is 1. The van der Waals surface area contributed by atoms with Crippen LogP contribution in [-0.4, -0.2) is 28.6 Å². The van der Waals surface area contributed by atoms with Crippen LogP contribution in [0.2, 0.25) is 0 Å². The summed E-state index contributed by atoms with van der Waals surface area (Å²) in [5, 5.41) is 11.6. The van der Waals surface area contributed by atoms with Crippen LogP contribution < -0.4 is 10.9 Å². The van der Waals surface area contributed by atoms with Crippen LogP contribution in [0.3, 0.4) is 0 Å². The zero-order chi connectivity index (χ0) is 13.1. The number of hydrogen-bond donors (Lipinski definition) is 3. The van der Waals surface area contributed by atoms with E-state index in [1.165, 1.54) is 0 Å². The van der Waals surface area contributed by atoms with Gasteiger partial charge in [-0.2, -0.15) is 0 Å². The van der Waals surface area contributed by atoms with E-state index in [1.807, 2.05) is 0 Å². The molecule has 1 aromatic rings. The Morgan fingerprint density at radius 1 is 1.50 bits per heavy atom. The van der Waals surface area contributed by atoms with E-state index in [9.17, 15) is 9.59 Å². The van der Waals surface area contributed by atoms with Crippen molar-refractivity contribution in [3.8, 4) is 0 Å². The Morgan fingerprint density at radius 3 is 2.94 bits per heavy atom. The Hall–Kier alpha value is -1.62. The van der Waals surface area contributed by atoms with E-state index in [1.54, 1.807) is 13.0 Å². The molecule has 18 heavy (non-hydrogen) atoms. The number of pyridine rings is 1. The molecule has 0 saturated carbocycles. The summed E-state index contributed by atoms with van der Waals surface area (Å²) in [7, 11) is 0. The minimum Gasteiger partial charge on any atom is -0.392 e. The van der Waals surface area contributed by atoms with E-state index in [0.29, 0.717) is 0 Å². The van der Waals surface area contributed by atoms with Gasteiger partial charge in [0.05, 0.1) is 6.10 Å². The van der Waals surface area contributed by atoms with E-state index in [4.69, 9.17) is 5.11 Å². The molecule has 0 saturated heterocycles. The molecule has 3 N–H and O–H groups in total. The molecule has 1 aliphatic rings. The highest BCUT2D eigenvalue weighted by Crippen LogP contribution is 2.18. The van der Waals surface area contributed by atoms with Gasteiger partial charge in [-0.1, -0.05) is 0 Å². The zero-order valence-electron chi connectivity index (χ0n) is 10.5. The number of aryl methyl sites for hydroxylation is 2. The first-order valence-corrected chi connectivity index (χ1v) is 6.29. The van der Waals surface area contributed by atoms with E-state index >= 15 is 0 Å². The molecule has 0 aromatic carbocycles. The van der Waals surface area contributed by atoms with Crippen molar-refractivity contribution in [2.75, 3.05) is 6.54 Å². The monoisotopic (exact) mass is 250 g/mol. The average Bonchev–Trinajstić information content (AvgIpc) is 2.35. The maximum absolute atomic E-state index is 11.8. The summed E-state index contributed by atoms with van der Waals surface area (Å²) in [5.74, 6) is -0.425. The molecule has 1 aliphatic carbocycles. The third kappa shape index (κ3) is 2.79. The molecular formula is C13H18N2O3. The van der Waals surface area contributed by atoms with E-state index in [0.717, 1.165) is 36.9 Å². The summed E-state index contributed by atoms with van der Waals surface area (Å²) < 4.78 is 0. The molecule has 2 rings (SSSR count). The average molecular weight is 250 g/mol. The fourth-order valence-electron chi connectivity index (χ4n) is 2.18. The number of fused-ring (bicyclic) bond motifs is 1. The molecule has 5 heteroatoms. The van der Waals surface area contributed by atoms with Gasteiger partial charge >= 0.3 is 0 Å². The van der Waals surface area contributed by atoms with Gasteiger partial charge in [0.25, 0.3) is 11.5 Å². The molecule has 0 radical (unpaired) electrons. The molecule has 1 heterocycles. The quantitative estimate of drug-likeness (QED) is 0.724. The van der Waals surface area contributed by atoms with Crippen LogP contribution in [0.5, 0.6) is 0 Å². The molecule has 0 fully saturated rings. The van der Waals surface area contributed by atoms with Gasteiger partial charge in [0.15, 0.2) is 0 Å². The second kappa shape index (κ2) is 5.35. The molecule has 1 atom stereocenters. The molecule has 1 amide bonds. The lowest BCUT2D eigenvalue weighted by Crippen LogP contribution is -2.35. The number of carbonyl (C=O) groups excluding carboxylic acids is 1. The van der Waals surface area contributed by atoms with Crippen LogP contribution >= 0.6 is 0 Å². The predicted octanol–water partition coefficient (Wildman–Crippen LogP) is 0.364. The Labute approximate surface area is 105 Å². The van der Waals surface area contributed by atoms with Crippen molar-refractivity contribution in [1.82, 2.24) is 10.3 Å². The number of amides is 1. The summed E-state index contributed by atoms with van der Waals surface area (Å²) in [5.41, 5.74) is 1.80. The summed E-state index contributed by atoms with van der Waals surface area (Å²) in [6.45, 7) is 1.73. The van der Waals surface area contributed by atoms with E-state index in [2.05, 4.69) is 10.3 Å². The predicted molar refractivity (Wildman–Crippen MR) is 67.7 cm³/mol. The Bertz CT molecular complexity index is 505. The largest absolute Gasteiger partial charge is 0.392 e. The number of carbonyl (C=O) groups is 1. The van der Waals surface area contributed by atoms with Crippen molar-refractivity contribution in [2.24, 2.45) is 0 Å². The standard InChI is InChI=1S/C13H18N2O3/c1-8(16)7-14-12(17)10-6-9-4-2-3-5-11(9)15-13(10)18/h6,8,16H,2-5,7H2,1H3,(H,14,17)(H,15,18). The van der Waals surface area contributed by atoms with Crippen molar-refractivity contribution in [2.45, 2.75) is 38.7 Å². The SMILES string of the molecule is CC(O)CNC(=O)c1cc2c([nH]c1=O)CCCC2. The number of nitrogens with one attached hydrogen (secondary N) is 2. The summed E-state index contributed by atoms with van der Waals surface area (Å²) in [4.78, 5) is 26.4. The number of H-pyrrole nitrogens is 1. The summed E-state index contributed by atoms with van der Waals surface area (Å²) >= 11 is 0. The van der Waals surface area contributed by atoms with Gasteiger partial charge in [0, 0.05) is 12.2 Å². The maximum atomic E-state index is 11.8. The lowest BCUT2D eigenvalue weighted by atomic mass is 9.95. The third-order valence-corrected chi connectivity index (χ3v) is 3.14. The molecule has 0 bridgehead atoms. The molecule has 1 aromatic heterocycles. The van der Waals surface area contributed by atoms with Gasteiger partial charge in [-0.05, 0) is 44.2 Å². The molecule has 0 aliphatic heterocycles. The van der Waals surface area contributed by atoms with Crippen molar-refractivity contribution < 1.29 is 9.90 Å². The molecular weight excluding hydrogens is 232 g/mol. The van der Waals surface area contributed by atoms with E-state index in [-0.39, 0.29) is 17.7 Å². The highest BCUT2D eigenvalue weighted by atomic mass is 16.3. The van der Waals surface area contributed by atoms with Gasteiger partial charge in [0.1, 0.15) is 5.56 Å². The minimum absolute atomic E-state index is 0.135. The van der Waals surface area contributed by atoms with Crippen LogP contribution in [-0.2, 0) is 12.8 Å². The van der Waals surface area contributed by atoms with E-state index < -0.39 is 12.0 Å². The fraction of sp³-hybridized carbons (Fsp3) is 0.538. The second-order valence-corrected chi connectivity index (χ2v) is 4.78. The van der Waals surface area contributed by atoms with Gasteiger partial charge in [0.2, 0.25) is 0 Å². The first-order valence-electron chi connectivity index (χ1n) is 6.29. The smallest absolute Gasteiger partial charge is 0.261 e. The lowest BCUT2D eigenvalue weighted by Gasteiger charge is -2.16. The van der Waals surface area contributed by atoms with Crippen molar-refractivity contribution >= 4 is 5.91 Å². The molecule has 0 spiro atoms. The normalized spacial score (nSPS) is 15.9. The fourth-order valence-corrected chi connectivity index (χ4v) is 2.18. The first kappa shape index (κ1) is 12.8. The van der Waals surface area contributed by atoms with Crippen LogP contribution in [0.1, 0.15) is 41.4 Å². The van der Waals surface area contributed by atoms with Gasteiger partial charge < -0.3 is 15.4 Å². The van der Waals surface area contributed by atoms with Gasteiger partial charge in [-0.25, -0.2) is 0 Å². The van der Waals surface area contributed by atoms with Crippen LogP contribution in [0.25, 0.3) is 0 Å². The molecule has 98 valence electrons. The van der Waals surface area contributed by atoms with Gasteiger partial charge in [-0.3, -0.25) is 9.59 Å². The van der Waals surface area contributed by atoms with Gasteiger partial charge in [-0.15, -0.1) is 0 Å². The number of aliphatic hydroxyl groups excluding tert-OH is 1. The topological polar surface area (TPSA) is 82.2 Å². The van der Waals surface area contributed by atoms with Crippen LogP contribution in [0, 0.1) is 0 Å². The van der Waals surface area contributed by atoms with Crippen LogP contribution in [0.15, 0.2) is 10.9 Å². The summed E-state index contributed by atoms with van der Waals surface area (Å²) in [6, 6.07) is 1.69. The number of aromatic amines is 1. The minimum atomic E-state index is -0.620. The second-order valence-electron chi connectivity index (χ2n) is 4.78. The number of hydrogen-bond acceptors (Lipinski definition) is 3. The molecule has 5 nitrogen and oxygen atoms in total. The zero-order valence-corrected chi connectivity index (χ0v) is 10.5. The van der Waals surface area contributed by atoms with Crippen LogP contribution in [0.4, 0.5) is 0 Å². The highest BCUT2D eigenvalue weighted by Gasteiger charge is 2.16. The Kier molecular flexibility index (Phi) is 3.81. The maximum Gasteiger partial charge on any atom is 0.261 e.